The summed E-state index contributed by atoms with van der Waals surface area (Å²) in [4.78, 5) is 12.0. The number of halogens is 1. The van der Waals surface area contributed by atoms with Gasteiger partial charge in [0, 0.05) is 32.3 Å². The summed E-state index contributed by atoms with van der Waals surface area (Å²) >= 11 is 6.36. The zero-order valence-corrected chi connectivity index (χ0v) is 14.8. The minimum Gasteiger partial charge on any atom is -0.478 e. The lowest BCUT2D eigenvalue weighted by molar-refractivity contribution is 0.0698. The van der Waals surface area contributed by atoms with Crippen molar-refractivity contribution in [1.82, 2.24) is 0 Å². The van der Waals surface area contributed by atoms with Crippen LogP contribution in [0.4, 0.5) is 0 Å². The van der Waals surface area contributed by atoms with E-state index in [2.05, 4.69) is 0 Å². The molecule has 0 aliphatic heterocycles. The smallest absolute Gasteiger partial charge is 0.336 e. The first-order valence-electron chi connectivity index (χ1n) is 8.50. The van der Waals surface area contributed by atoms with Crippen molar-refractivity contribution in [3.63, 3.8) is 0 Å². The van der Waals surface area contributed by atoms with Gasteiger partial charge in [-0.05, 0) is 17.5 Å². The first-order chi connectivity index (χ1) is 13.1. The van der Waals surface area contributed by atoms with Crippen molar-refractivity contribution in [2.75, 3.05) is 0 Å². The molecule has 5 rings (SSSR count). The summed E-state index contributed by atoms with van der Waals surface area (Å²) in [6.07, 6.45) is 0. The fourth-order valence-corrected chi connectivity index (χ4v) is 4.01. The number of aromatic carboxylic acids is 1. The molecule has 0 bridgehead atoms. The van der Waals surface area contributed by atoms with Crippen molar-refractivity contribution in [1.29, 1.82) is 0 Å². The number of furan rings is 1. The van der Waals surface area contributed by atoms with Gasteiger partial charge in [-0.25, -0.2) is 4.79 Å². The number of carboxylic acid groups (broad SMARTS) is 1. The van der Waals surface area contributed by atoms with Gasteiger partial charge < -0.3 is 9.52 Å². The summed E-state index contributed by atoms with van der Waals surface area (Å²) in [6.45, 7) is 0. The maximum absolute atomic E-state index is 12.0. The van der Waals surface area contributed by atoms with Crippen LogP contribution in [0.1, 0.15) is 10.4 Å². The summed E-state index contributed by atoms with van der Waals surface area (Å²) < 4.78 is 6.13. The quantitative estimate of drug-likeness (QED) is 0.372. The van der Waals surface area contributed by atoms with Gasteiger partial charge in [-0.1, -0.05) is 72.3 Å². The average Bonchev–Trinajstić information content (AvgIpc) is 3.07. The zero-order valence-electron chi connectivity index (χ0n) is 14.1. The van der Waals surface area contributed by atoms with E-state index in [0.717, 1.165) is 32.7 Å². The third-order valence-corrected chi connectivity index (χ3v) is 5.21. The van der Waals surface area contributed by atoms with E-state index in [1.165, 1.54) is 6.07 Å². The Labute approximate surface area is 159 Å². The molecule has 1 N–H and O–H groups in total. The molecule has 4 aromatic carbocycles. The van der Waals surface area contributed by atoms with Crippen LogP contribution in [0.5, 0.6) is 0 Å². The Morgan fingerprint density at radius 2 is 1.48 bits per heavy atom. The first kappa shape index (κ1) is 15.9. The second kappa shape index (κ2) is 5.86. The SMILES string of the molecule is O=C(O)c1cc(Cl)c2ccccc2c1-c1cccc2c1oc1ccccc12. The van der Waals surface area contributed by atoms with Gasteiger partial charge in [0.05, 0.1) is 5.56 Å². The Morgan fingerprint density at radius 1 is 0.815 bits per heavy atom. The summed E-state index contributed by atoms with van der Waals surface area (Å²) in [7, 11) is 0. The van der Waals surface area contributed by atoms with E-state index in [-0.39, 0.29) is 5.56 Å². The van der Waals surface area contributed by atoms with E-state index in [9.17, 15) is 9.90 Å². The molecule has 0 spiro atoms. The van der Waals surface area contributed by atoms with Crippen LogP contribution in [-0.2, 0) is 0 Å². The van der Waals surface area contributed by atoms with Gasteiger partial charge in [-0.15, -0.1) is 0 Å². The zero-order chi connectivity index (χ0) is 18.5. The first-order valence-corrected chi connectivity index (χ1v) is 8.88. The van der Waals surface area contributed by atoms with Gasteiger partial charge in [0.15, 0.2) is 0 Å². The van der Waals surface area contributed by atoms with Gasteiger partial charge in [0.1, 0.15) is 11.2 Å². The van der Waals surface area contributed by atoms with Crippen molar-refractivity contribution in [2.45, 2.75) is 0 Å². The summed E-state index contributed by atoms with van der Waals surface area (Å²) in [5, 5.41) is 13.8. The second-order valence-electron chi connectivity index (χ2n) is 6.41. The number of hydrogen-bond acceptors (Lipinski definition) is 2. The maximum atomic E-state index is 12.0. The Hall–Kier alpha value is -3.30. The molecule has 1 aromatic heterocycles. The van der Waals surface area contributed by atoms with Crippen LogP contribution in [-0.4, -0.2) is 11.1 Å². The monoisotopic (exact) mass is 372 g/mol. The molecular formula is C23H13ClO3. The van der Waals surface area contributed by atoms with Crippen LogP contribution >= 0.6 is 11.6 Å². The van der Waals surface area contributed by atoms with Gasteiger partial charge >= 0.3 is 5.97 Å². The van der Waals surface area contributed by atoms with E-state index in [0.29, 0.717) is 16.2 Å². The molecule has 0 saturated carbocycles. The molecule has 130 valence electrons. The highest BCUT2D eigenvalue weighted by Gasteiger charge is 2.21. The third kappa shape index (κ3) is 2.32. The van der Waals surface area contributed by atoms with Gasteiger partial charge in [-0.2, -0.15) is 0 Å². The number of rotatable bonds is 2. The lowest BCUT2D eigenvalue weighted by atomic mass is 9.92. The predicted octanol–water partition coefficient (Wildman–Crippen LogP) is 6.76. The summed E-state index contributed by atoms with van der Waals surface area (Å²) in [5.41, 5.74) is 2.97. The predicted molar refractivity (Wildman–Crippen MR) is 109 cm³/mol. The Morgan fingerprint density at radius 3 is 2.26 bits per heavy atom. The van der Waals surface area contributed by atoms with Crippen LogP contribution in [0.25, 0.3) is 43.8 Å². The summed E-state index contributed by atoms with van der Waals surface area (Å²) in [6, 6.07) is 22.7. The minimum atomic E-state index is -1.02. The van der Waals surface area contributed by atoms with Gasteiger partial charge in [0.25, 0.3) is 0 Å². The molecule has 0 amide bonds. The lowest BCUT2D eigenvalue weighted by Gasteiger charge is -2.13. The standard InChI is InChI=1S/C23H13ClO3/c24-19-12-18(23(25)26)21(15-8-2-1-6-13(15)19)17-10-5-9-16-14-7-3-4-11-20(14)27-22(16)17/h1-12H,(H,25,26). The molecule has 4 heteroatoms. The Bertz CT molecular complexity index is 1360. The van der Waals surface area contributed by atoms with Crippen molar-refractivity contribution in [3.05, 3.63) is 83.4 Å². The Kier molecular flexibility index (Phi) is 3.46. The highest BCUT2D eigenvalue weighted by molar-refractivity contribution is 6.37. The van der Waals surface area contributed by atoms with Crippen molar-refractivity contribution in [2.24, 2.45) is 0 Å². The topological polar surface area (TPSA) is 50.4 Å². The van der Waals surface area contributed by atoms with Crippen LogP contribution in [0.3, 0.4) is 0 Å². The molecule has 0 unspecified atom stereocenters. The van der Waals surface area contributed by atoms with Crippen molar-refractivity contribution in [3.8, 4) is 11.1 Å². The lowest BCUT2D eigenvalue weighted by Crippen LogP contribution is -2.01. The largest absolute Gasteiger partial charge is 0.478 e. The number of hydrogen-bond donors (Lipinski definition) is 1. The molecule has 0 fully saturated rings. The normalized spacial score (nSPS) is 11.4. The Balaban J connectivity index is 1.98. The number of carbonyl (C=O) groups is 1. The average molecular weight is 373 g/mol. The number of benzene rings is 4. The van der Waals surface area contributed by atoms with Gasteiger partial charge in [-0.3, -0.25) is 0 Å². The minimum absolute atomic E-state index is 0.159. The molecule has 0 atom stereocenters. The van der Waals surface area contributed by atoms with Crippen LogP contribution in [0.2, 0.25) is 5.02 Å². The maximum Gasteiger partial charge on any atom is 0.336 e. The number of fused-ring (bicyclic) bond motifs is 4. The molecular weight excluding hydrogens is 360 g/mol. The van der Waals surface area contributed by atoms with E-state index < -0.39 is 5.97 Å². The van der Waals surface area contributed by atoms with Crippen LogP contribution < -0.4 is 0 Å². The molecule has 1 heterocycles. The molecule has 0 saturated heterocycles. The van der Waals surface area contributed by atoms with Gasteiger partial charge in [0.2, 0.25) is 0 Å². The highest BCUT2D eigenvalue weighted by atomic mass is 35.5. The molecule has 27 heavy (non-hydrogen) atoms. The molecule has 5 aromatic rings. The fourth-order valence-electron chi connectivity index (χ4n) is 3.73. The number of para-hydroxylation sites is 2. The van der Waals surface area contributed by atoms with E-state index in [1.54, 1.807) is 0 Å². The van der Waals surface area contributed by atoms with Crippen LogP contribution in [0, 0.1) is 0 Å². The number of carboxylic acids is 1. The van der Waals surface area contributed by atoms with E-state index in [1.807, 2.05) is 66.7 Å². The van der Waals surface area contributed by atoms with Crippen LogP contribution in [0.15, 0.2) is 77.2 Å². The van der Waals surface area contributed by atoms with E-state index >= 15 is 0 Å². The molecule has 0 radical (unpaired) electrons. The summed E-state index contributed by atoms with van der Waals surface area (Å²) in [5.74, 6) is -1.02. The third-order valence-electron chi connectivity index (χ3n) is 4.90. The van der Waals surface area contributed by atoms with Crippen molar-refractivity contribution >= 4 is 50.3 Å². The molecule has 0 aliphatic carbocycles. The highest BCUT2D eigenvalue weighted by Crippen LogP contribution is 2.41. The molecule has 3 nitrogen and oxygen atoms in total. The second-order valence-corrected chi connectivity index (χ2v) is 6.82. The van der Waals surface area contributed by atoms with Crippen molar-refractivity contribution < 1.29 is 14.3 Å². The molecule has 0 aliphatic rings. The fraction of sp³-hybridized carbons (Fsp3) is 0. The van der Waals surface area contributed by atoms with E-state index in [4.69, 9.17) is 16.0 Å².